The zero-order valence-corrected chi connectivity index (χ0v) is 10.2. The van der Waals surface area contributed by atoms with E-state index >= 15 is 0 Å². The van der Waals surface area contributed by atoms with E-state index in [-0.39, 0.29) is 0 Å². The Hall–Kier alpha value is -1.36. The molecule has 0 amide bonds. The summed E-state index contributed by atoms with van der Waals surface area (Å²) in [4.78, 5) is 8.29. The van der Waals surface area contributed by atoms with Gasteiger partial charge in [0.15, 0.2) is 5.82 Å². The van der Waals surface area contributed by atoms with Gasteiger partial charge in [0.25, 0.3) is 5.88 Å². The van der Waals surface area contributed by atoms with Gasteiger partial charge in [0.1, 0.15) is 0 Å². The predicted molar refractivity (Wildman–Crippen MR) is 65.2 cm³/mol. The Morgan fingerprint density at radius 2 is 2.35 bits per heavy atom. The summed E-state index contributed by atoms with van der Waals surface area (Å²) in [5.74, 6) is 1.93. The van der Waals surface area contributed by atoms with Crippen molar-refractivity contribution in [2.45, 2.75) is 19.3 Å². The van der Waals surface area contributed by atoms with Gasteiger partial charge >= 0.3 is 0 Å². The molecule has 1 aliphatic rings. The number of ether oxygens (including phenoxy) is 2. The van der Waals surface area contributed by atoms with Gasteiger partial charge in [-0.15, -0.1) is 0 Å². The highest BCUT2D eigenvalue weighted by molar-refractivity contribution is 5.44. The summed E-state index contributed by atoms with van der Waals surface area (Å²) in [6, 6.07) is 0. The van der Waals surface area contributed by atoms with Gasteiger partial charge in [-0.05, 0) is 25.2 Å². The zero-order chi connectivity index (χ0) is 11.9. The summed E-state index contributed by atoms with van der Waals surface area (Å²) in [6.07, 6.45) is 6.83. The fourth-order valence-corrected chi connectivity index (χ4v) is 2.03. The average Bonchev–Trinajstić information content (AvgIpc) is 2.40. The lowest BCUT2D eigenvalue weighted by Crippen LogP contribution is -2.20. The quantitative estimate of drug-likeness (QED) is 0.845. The van der Waals surface area contributed by atoms with Gasteiger partial charge in [0.2, 0.25) is 0 Å². The van der Waals surface area contributed by atoms with Crippen molar-refractivity contribution >= 4 is 5.82 Å². The van der Waals surface area contributed by atoms with E-state index in [1.165, 1.54) is 12.8 Å². The van der Waals surface area contributed by atoms with Crippen LogP contribution in [0.3, 0.4) is 0 Å². The minimum absolute atomic E-state index is 0.549. The number of hydrogen-bond acceptors (Lipinski definition) is 5. The van der Waals surface area contributed by atoms with Crippen molar-refractivity contribution in [1.29, 1.82) is 0 Å². The summed E-state index contributed by atoms with van der Waals surface area (Å²) in [5.41, 5.74) is 0. The Labute approximate surface area is 102 Å². The van der Waals surface area contributed by atoms with Crippen molar-refractivity contribution in [2.75, 3.05) is 32.2 Å². The van der Waals surface area contributed by atoms with Crippen LogP contribution >= 0.6 is 0 Å². The third-order valence-corrected chi connectivity index (χ3v) is 2.96. The molecule has 1 atom stereocenters. The van der Waals surface area contributed by atoms with E-state index in [1.807, 2.05) is 0 Å². The Bertz CT molecular complexity index is 340. The molecule has 1 aromatic heterocycles. The van der Waals surface area contributed by atoms with Crippen LogP contribution in [0.4, 0.5) is 5.82 Å². The molecule has 1 saturated heterocycles. The number of nitrogens with one attached hydrogen (secondary N) is 1. The minimum Gasteiger partial charge on any atom is -0.478 e. The van der Waals surface area contributed by atoms with Crippen LogP contribution in [0.2, 0.25) is 0 Å². The van der Waals surface area contributed by atoms with E-state index < -0.39 is 0 Å². The second-order valence-corrected chi connectivity index (χ2v) is 4.21. The molecular formula is C12H19N3O2. The van der Waals surface area contributed by atoms with Crippen LogP contribution in [0.25, 0.3) is 0 Å². The maximum atomic E-state index is 5.45. The van der Waals surface area contributed by atoms with Gasteiger partial charge in [-0.3, -0.25) is 0 Å². The molecule has 1 aliphatic heterocycles. The first-order valence-electron chi connectivity index (χ1n) is 6.06. The predicted octanol–water partition coefficient (Wildman–Crippen LogP) is 1.71. The largest absolute Gasteiger partial charge is 0.478 e. The van der Waals surface area contributed by atoms with Crippen LogP contribution in [-0.4, -0.2) is 36.8 Å². The summed E-state index contributed by atoms with van der Waals surface area (Å²) in [6.45, 7) is 2.68. The van der Waals surface area contributed by atoms with Gasteiger partial charge in [0.05, 0.1) is 7.11 Å². The number of rotatable bonds is 5. The minimum atomic E-state index is 0.549. The van der Waals surface area contributed by atoms with E-state index in [4.69, 9.17) is 9.47 Å². The molecule has 5 heteroatoms. The highest BCUT2D eigenvalue weighted by atomic mass is 16.5. The third kappa shape index (κ3) is 3.56. The standard InChI is InChI=1S/C12H19N3O2/c1-16-12-11(14-6-7-15-12)13-5-4-10-3-2-8-17-9-10/h6-7,10H,2-5,8-9H2,1H3,(H,13,14). The Kier molecular flexibility index (Phi) is 4.55. The molecule has 94 valence electrons. The molecule has 0 aromatic carbocycles. The van der Waals surface area contributed by atoms with Crippen molar-refractivity contribution in [2.24, 2.45) is 5.92 Å². The van der Waals surface area contributed by atoms with Crippen molar-refractivity contribution in [3.05, 3.63) is 12.4 Å². The Balaban J connectivity index is 1.77. The molecule has 0 bridgehead atoms. The molecule has 0 spiro atoms. The van der Waals surface area contributed by atoms with Gasteiger partial charge < -0.3 is 14.8 Å². The van der Waals surface area contributed by atoms with Crippen LogP contribution < -0.4 is 10.1 Å². The number of anilines is 1. The first kappa shape index (κ1) is 12.1. The van der Waals surface area contributed by atoms with Crippen LogP contribution in [0.15, 0.2) is 12.4 Å². The number of hydrogen-bond donors (Lipinski definition) is 1. The molecule has 1 aromatic rings. The molecule has 1 fully saturated rings. The fourth-order valence-electron chi connectivity index (χ4n) is 2.03. The van der Waals surface area contributed by atoms with Gasteiger partial charge in [-0.2, -0.15) is 0 Å². The van der Waals surface area contributed by atoms with Crippen molar-refractivity contribution in [1.82, 2.24) is 9.97 Å². The summed E-state index contributed by atoms with van der Waals surface area (Å²) in [7, 11) is 1.60. The molecule has 5 nitrogen and oxygen atoms in total. The summed E-state index contributed by atoms with van der Waals surface area (Å²) >= 11 is 0. The molecule has 2 rings (SSSR count). The van der Waals surface area contributed by atoms with E-state index in [9.17, 15) is 0 Å². The maximum absolute atomic E-state index is 5.45. The van der Waals surface area contributed by atoms with E-state index in [2.05, 4.69) is 15.3 Å². The van der Waals surface area contributed by atoms with Crippen molar-refractivity contribution in [3.8, 4) is 5.88 Å². The second-order valence-electron chi connectivity index (χ2n) is 4.21. The Morgan fingerprint density at radius 1 is 1.47 bits per heavy atom. The SMILES string of the molecule is COc1nccnc1NCCC1CCCOC1. The number of methoxy groups -OCH3 is 1. The van der Waals surface area contributed by atoms with Crippen LogP contribution in [0, 0.1) is 5.92 Å². The lowest BCUT2D eigenvalue weighted by Gasteiger charge is -2.22. The van der Waals surface area contributed by atoms with Crippen molar-refractivity contribution < 1.29 is 9.47 Å². The first-order valence-corrected chi connectivity index (χ1v) is 6.06. The fraction of sp³-hybridized carbons (Fsp3) is 0.667. The maximum Gasteiger partial charge on any atom is 0.257 e. The average molecular weight is 237 g/mol. The van der Waals surface area contributed by atoms with Crippen molar-refractivity contribution in [3.63, 3.8) is 0 Å². The molecule has 2 heterocycles. The highest BCUT2D eigenvalue weighted by Crippen LogP contribution is 2.19. The highest BCUT2D eigenvalue weighted by Gasteiger charge is 2.13. The molecule has 0 aliphatic carbocycles. The van der Waals surface area contributed by atoms with E-state index in [1.54, 1.807) is 19.5 Å². The van der Waals surface area contributed by atoms with Crippen LogP contribution in [0.5, 0.6) is 5.88 Å². The van der Waals surface area contributed by atoms with Gasteiger partial charge in [0, 0.05) is 32.2 Å². The lowest BCUT2D eigenvalue weighted by atomic mass is 9.99. The molecule has 1 N–H and O–H groups in total. The lowest BCUT2D eigenvalue weighted by molar-refractivity contribution is 0.0530. The second kappa shape index (κ2) is 6.39. The Morgan fingerprint density at radius 3 is 3.12 bits per heavy atom. The topological polar surface area (TPSA) is 56.3 Å². The van der Waals surface area contributed by atoms with Crippen LogP contribution in [-0.2, 0) is 4.74 Å². The van der Waals surface area contributed by atoms with Gasteiger partial charge in [-0.25, -0.2) is 9.97 Å². The molecule has 1 unspecified atom stereocenters. The first-order chi connectivity index (χ1) is 8.40. The monoisotopic (exact) mass is 237 g/mol. The number of aromatic nitrogens is 2. The smallest absolute Gasteiger partial charge is 0.257 e. The summed E-state index contributed by atoms with van der Waals surface area (Å²) in [5, 5.41) is 3.26. The molecule has 0 saturated carbocycles. The molecular weight excluding hydrogens is 218 g/mol. The molecule has 0 radical (unpaired) electrons. The third-order valence-electron chi connectivity index (χ3n) is 2.96. The van der Waals surface area contributed by atoms with E-state index in [0.29, 0.717) is 17.6 Å². The van der Waals surface area contributed by atoms with Gasteiger partial charge in [-0.1, -0.05) is 0 Å². The van der Waals surface area contributed by atoms with E-state index in [0.717, 1.165) is 26.2 Å². The normalized spacial score (nSPS) is 19.9. The number of nitrogens with zero attached hydrogens (tertiary/aromatic N) is 2. The van der Waals surface area contributed by atoms with Crippen LogP contribution in [0.1, 0.15) is 19.3 Å². The molecule has 17 heavy (non-hydrogen) atoms. The summed E-state index contributed by atoms with van der Waals surface area (Å²) < 4.78 is 10.6. The zero-order valence-electron chi connectivity index (χ0n) is 10.2.